The van der Waals surface area contributed by atoms with Crippen molar-refractivity contribution in [3.05, 3.63) is 0 Å². The maximum atomic E-state index is 8.71. The summed E-state index contributed by atoms with van der Waals surface area (Å²) in [6.07, 6.45) is -1.28. The van der Waals surface area contributed by atoms with Gasteiger partial charge in [-0.25, -0.2) is 0 Å². The molecule has 0 aromatic carbocycles. The SMILES string of the molecule is NC(COC(CO)CO)COC(CO)CO. The molecule has 6 N–H and O–H groups in total. The van der Waals surface area contributed by atoms with Gasteiger partial charge in [0.25, 0.3) is 0 Å². The zero-order chi connectivity index (χ0) is 12.4. The van der Waals surface area contributed by atoms with Gasteiger partial charge in [0.15, 0.2) is 0 Å². The molecule has 0 radical (unpaired) electrons. The van der Waals surface area contributed by atoms with Crippen LogP contribution in [0.15, 0.2) is 0 Å². The summed E-state index contributed by atoms with van der Waals surface area (Å²) in [6.45, 7) is -0.870. The van der Waals surface area contributed by atoms with Crippen molar-refractivity contribution < 1.29 is 29.9 Å². The molecule has 0 aliphatic rings. The molecule has 0 amide bonds. The molecule has 0 bridgehead atoms. The fourth-order valence-electron chi connectivity index (χ4n) is 0.894. The summed E-state index contributed by atoms with van der Waals surface area (Å²) in [4.78, 5) is 0. The maximum absolute atomic E-state index is 8.71. The van der Waals surface area contributed by atoms with Crippen molar-refractivity contribution in [1.29, 1.82) is 0 Å². The summed E-state index contributed by atoms with van der Waals surface area (Å²) in [6, 6.07) is -0.443. The van der Waals surface area contributed by atoms with Gasteiger partial charge in [0.05, 0.1) is 45.7 Å². The monoisotopic (exact) mass is 239 g/mol. The van der Waals surface area contributed by atoms with Gasteiger partial charge in [0.2, 0.25) is 0 Å². The third-order valence-electron chi connectivity index (χ3n) is 1.91. The molecule has 0 heterocycles. The molecule has 7 heteroatoms. The molecule has 0 rings (SSSR count). The van der Waals surface area contributed by atoms with Crippen LogP contribution in [0, 0.1) is 0 Å². The van der Waals surface area contributed by atoms with Crippen molar-refractivity contribution in [3.63, 3.8) is 0 Å². The maximum Gasteiger partial charge on any atom is 0.104 e. The van der Waals surface area contributed by atoms with Crippen molar-refractivity contribution in [2.75, 3.05) is 39.6 Å². The Bertz CT molecular complexity index is 135. The first kappa shape index (κ1) is 15.7. The Kier molecular flexibility index (Phi) is 9.74. The Morgan fingerprint density at radius 3 is 1.31 bits per heavy atom. The quantitative estimate of drug-likeness (QED) is 0.276. The van der Waals surface area contributed by atoms with Crippen LogP contribution in [0.25, 0.3) is 0 Å². The molecule has 16 heavy (non-hydrogen) atoms. The normalized spacial score (nSPS) is 12.0. The van der Waals surface area contributed by atoms with Gasteiger partial charge in [0, 0.05) is 0 Å². The van der Waals surface area contributed by atoms with E-state index in [2.05, 4.69) is 0 Å². The van der Waals surface area contributed by atoms with Crippen LogP contribution >= 0.6 is 0 Å². The second-order valence-corrected chi connectivity index (χ2v) is 3.40. The minimum absolute atomic E-state index is 0.120. The highest BCUT2D eigenvalue weighted by atomic mass is 16.5. The summed E-state index contributed by atoms with van der Waals surface area (Å²) < 4.78 is 10.1. The summed E-state index contributed by atoms with van der Waals surface area (Å²) in [7, 11) is 0. The molecule has 0 aromatic rings. The van der Waals surface area contributed by atoms with Crippen LogP contribution in [0.2, 0.25) is 0 Å². The highest BCUT2D eigenvalue weighted by Gasteiger charge is 2.12. The van der Waals surface area contributed by atoms with Crippen molar-refractivity contribution in [3.8, 4) is 0 Å². The van der Waals surface area contributed by atoms with E-state index in [1.54, 1.807) is 0 Å². The smallest absolute Gasteiger partial charge is 0.104 e. The Hall–Kier alpha value is -0.280. The second kappa shape index (κ2) is 9.91. The summed E-state index contributed by atoms with van der Waals surface area (Å²) in [5.74, 6) is 0. The topological polar surface area (TPSA) is 125 Å². The van der Waals surface area contributed by atoms with Crippen molar-refractivity contribution >= 4 is 0 Å². The summed E-state index contributed by atoms with van der Waals surface area (Å²) >= 11 is 0. The fraction of sp³-hybridized carbons (Fsp3) is 1.00. The Labute approximate surface area is 94.4 Å². The number of ether oxygens (including phenoxy) is 2. The van der Waals surface area contributed by atoms with Gasteiger partial charge in [-0.3, -0.25) is 0 Å². The Balaban J connectivity index is 3.61. The van der Waals surface area contributed by atoms with Crippen molar-refractivity contribution in [2.24, 2.45) is 5.73 Å². The average molecular weight is 239 g/mol. The van der Waals surface area contributed by atoms with Gasteiger partial charge in [-0.05, 0) is 0 Å². The molecule has 0 fully saturated rings. The molecular formula is C9H21NO6. The molecule has 0 atom stereocenters. The van der Waals surface area contributed by atoms with E-state index in [1.165, 1.54) is 0 Å². The van der Waals surface area contributed by atoms with Gasteiger partial charge < -0.3 is 35.6 Å². The zero-order valence-corrected chi connectivity index (χ0v) is 9.16. The lowest BCUT2D eigenvalue weighted by molar-refractivity contribution is -0.0542. The first-order chi connectivity index (χ1) is 7.67. The summed E-state index contributed by atoms with van der Waals surface area (Å²) in [5, 5.41) is 34.8. The lowest BCUT2D eigenvalue weighted by Gasteiger charge is -2.19. The number of hydrogen-bond acceptors (Lipinski definition) is 7. The van der Waals surface area contributed by atoms with E-state index in [0.717, 1.165) is 0 Å². The number of hydrogen-bond donors (Lipinski definition) is 5. The third-order valence-corrected chi connectivity index (χ3v) is 1.91. The second-order valence-electron chi connectivity index (χ2n) is 3.40. The molecule has 0 unspecified atom stereocenters. The van der Waals surface area contributed by atoms with Gasteiger partial charge in [0.1, 0.15) is 12.2 Å². The van der Waals surface area contributed by atoms with Crippen LogP contribution in [-0.4, -0.2) is 78.3 Å². The molecule has 98 valence electrons. The van der Waals surface area contributed by atoms with E-state index >= 15 is 0 Å². The average Bonchev–Trinajstić information content (AvgIpc) is 2.31. The number of nitrogens with two attached hydrogens (primary N) is 1. The van der Waals surface area contributed by atoms with Gasteiger partial charge in [-0.2, -0.15) is 0 Å². The van der Waals surface area contributed by atoms with Crippen LogP contribution in [0.4, 0.5) is 0 Å². The molecule has 0 saturated carbocycles. The molecule has 0 aliphatic carbocycles. The molecular weight excluding hydrogens is 218 g/mol. The standard InChI is InChI=1S/C9H21NO6/c10-7(5-15-8(1-11)2-12)6-16-9(3-13)4-14/h7-9,11-14H,1-6,10H2. The van der Waals surface area contributed by atoms with Crippen LogP contribution in [0.1, 0.15) is 0 Å². The molecule has 0 aliphatic heterocycles. The first-order valence-corrected chi connectivity index (χ1v) is 5.10. The minimum Gasteiger partial charge on any atom is -0.394 e. The van der Waals surface area contributed by atoms with Crippen molar-refractivity contribution in [1.82, 2.24) is 0 Å². The van der Waals surface area contributed by atoms with Crippen LogP contribution in [0.5, 0.6) is 0 Å². The van der Waals surface area contributed by atoms with Crippen LogP contribution in [-0.2, 0) is 9.47 Å². The Morgan fingerprint density at radius 2 is 1.06 bits per heavy atom. The number of aliphatic hydroxyl groups excluding tert-OH is 4. The number of rotatable bonds is 10. The highest BCUT2D eigenvalue weighted by molar-refractivity contribution is 4.63. The van der Waals surface area contributed by atoms with E-state index in [0.29, 0.717) is 0 Å². The fourth-order valence-corrected chi connectivity index (χ4v) is 0.894. The van der Waals surface area contributed by atoms with Crippen LogP contribution < -0.4 is 5.73 Å². The predicted octanol–water partition coefficient (Wildman–Crippen LogP) is -2.95. The van der Waals surface area contributed by atoms with E-state index in [1.807, 2.05) is 0 Å². The molecule has 0 saturated heterocycles. The van der Waals surface area contributed by atoms with Crippen LogP contribution in [0.3, 0.4) is 0 Å². The predicted molar refractivity (Wildman–Crippen MR) is 55.8 cm³/mol. The lowest BCUT2D eigenvalue weighted by Crippen LogP contribution is -2.37. The molecule has 0 aromatic heterocycles. The largest absolute Gasteiger partial charge is 0.394 e. The number of aliphatic hydroxyl groups is 4. The van der Waals surface area contributed by atoms with Gasteiger partial charge >= 0.3 is 0 Å². The highest BCUT2D eigenvalue weighted by Crippen LogP contribution is 1.95. The van der Waals surface area contributed by atoms with Crippen molar-refractivity contribution in [2.45, 2.75) is 18.2 Å². The van der Waals surface area contributed by atoms with E-state index in [9.17, 15) is 0 Å². The van der Waals surface area contributed by atoms with Gasteiger partial charge in [-0.15, -0.1) is 0 Å². The molecule has 7 nitrogen and oxygen atoms in total. The first-order valence-electron chi connectivity index (χ1n) is 5.10. The zero-order valence-electron chi connectivity index (χ0n) is 9.16. The summed E-state index contributed by atoms with van der Waals surface area (Å²) in [5.41, 5.74) is 5.61. The van der Waals surface area contributed by atoms with E-state index < -0.39 is 18.2 Å². The minimum atomic E-state index is -0.641. The van der Waals surface area contributed by atoms with E-state index in [-0.39, 0.29) is 39.6 Å². The van der Waals surface area contributed by atoms with E-state index in [4.69, 9.17) is 35.6 Å². The third kappa shape index (κ3) is 7.07. The lowest BCUT2D eigenvalue weighted by atomic mass is 10.3. The van der Waals surface area contributed by atoms with Gasteiger partial charge in [-0.1, -0.05) is 0 Å². The molecule has 0 spiro atoms. The Morgan fingerprint density at radius 1 is 0.750 bits per heavy atom.